The van der Waals surface area contributed by atoms with Crippen LogP contribution in [0.25, 0.3) is 11.5 Å². The zero-order valence-electron chi connectivity index (χ0n) is 12.0. The molecule has 1 N–H and O–H groups in total. The normalized spacial score (nSPS) is 11.4. The van der Waals surface area contributed by atoms with Crippen LogP contribution in [0, 0.1) is 6.92 Å². The number of anilines is 1. The van der Waals surface area contributed by atoms with Crippen LogP contribution < -0.4 is 4.72 Å². The van der Waals surface area contributed by atoms with Crippen molar-refractivity contribution in [3.8, 4) is 11.5 Å². The first kappa shape index (κ1) is 15.5. The molecule has 118 valence electrons. The first-order chi connectivity index (χ1) is 11.0. The summed E-state index contributed by atoms with van der Waals surface area (Å²) in [6.07, 6.45) is 0. The maximum absolute atomic E-state index is 12.4. The van der Waals surface area contributed by atoms with Crippen molar-refractivity contribution in [3.63, 3.8) is 0 Å². The fraction of sp³-hybridized carbons (Fsp3) is 0.0667. The molecular weight excluding hydrogens is 338 g/mol. The largest absolute Gasteiger partial charge is 0.421 e. The predicted molar refractivity (Wildman–Crippen MR) is 86.7 cm³/mol. The highest BCUT2D eigenvalue weighted by molar-refractivity contribution is 7.92. The third-order valence-corrected chi connectivity index (χ3v) is 4.90. The molecule has 0 aliphatic heterocycles. The van der Waals surface area contributed by atoms with Crippen molar-refractivity contribution in [2.75, 3.05) is 4.72 Å². The van der Waals surface area contributed by atoms with E-state index in [4.69, 9.17) is 16.0 Å². The first-order valence-corrected chi connectivity index (χ1v) is 8.50. The minimum atomic E-state index is -3.79. The van der Waals surface area contributed by atoms with Crippen LogP contribution in [-0.2, 0) is 10.0 Å². The maximum Gasteiger partial charge on any atom is 0.263 e. The fourth-order valence-electron chi connectivity index (χ4n) is 2.00. The van der Waals surface area contributed by atoms with Gasteiger partial charge in [-0.25, -0.2) is 8.42 Å². The topological polar surface area (TPSA) is 85.1 Å². The summed E-state index contributed by atoms with van der Waals surface area (Å²) >= 11 is 5.95. The van der Waals surface area contributed by atoms with E-state index in [1.807, 2.05) is 0 Å². The number of sulfonamides is 1. The van der Waals surface area contributed by atoms with Crippen molar-refractivity contribution < 1.29 is 12.8 Å². The van der Waals surface area contributed by atoms with Crippen LogP contribution in [0.4, 0.5) is 5.69 Å². The molecule has 6 nitrogen and oxygen atoms in total. The lowest BCUT2D eigenvalue weighted by Crippen LogP contribution is -2.13. The first-order valence-electron chi connectivity index (χ1n) is 6.63. The number of hydrogen-bond acceptors (Lipinski definition) is 5. The Hall–Kier alpha value is -2.38. The van der Waals surface area contributed by atoms with Gasteiger partial charge in [-0.15, -0.1) is 10.2 Å². The van der Waals surface area contributed by atoms with Gasteiger partial charge in [0.1, 0.15) is 4.90 Å². The molecule has 0 spiro atoms. The van der Waals surface area contributed by atoms with Gasteiger partial charge in [-0.1, -0.05) is 29.8 Å². The molecule has 0 bridgehead atoms. The van der Waals surface area contributed by atoms with E-state index in [1.165, 1.54) is 12.1 Å². The van der Waals surface area contributed by atoms with E-state index in [9.17, 15) is 8.42 Å². The number of rotatable bonds is 4. The smallest absolute Gasteiger partial charge is 0.263 e. The van der Waals surface area contributed by atoms with Crippen LogP contribution in [0.3, 0.4) is 0 Å². The molecule has 1 heterocycles. The van der Waals surface area contributed by atoms with E-state index in [-0.39, 0.29) is 9.92 Å². The van der Waals surface area contributed by atoms with Gasteiger partial charge in [0.25, 0.3) is 10.0 Å². The van der Waals surface area contributed by atoms with Crippen molar-refractivity contribution in [2.24, 2.45) is 0 Å². The zero-order chi connectivity index (χ0) is 16.4. The van der Waals surface area contributed by atoms with E-state index in [1.54, 1.807) is 43.3 Å². The molecule has 8 heteroatoms. The Morgan fingerprint density at radius 2 is 1.87 bits per heavy atom. The van der Waals surface area contributed by atoms with Gasteiger partial charge in [0.2, 0.25) is 11.8 Å². The molecule has 3 aromatic rings. The Bertz CT molecular complexity index is 954. The molecule has 0 amide bonds. The predicted octanol–water partition coefficient (Wildman–Crippen LogP) is 3.50. The Morgan fingerprint density at radius 3 is 2.57 bits per heavy atom. The summed E-state index contributed by atoms with van der Waals surface area (Å²) in [5, 5.41) is 7.82. The molecule has 23 heavy (non-hydrogen) atoms. The number of aryl methyl sites for hydroxylation is 1. The minimum Gasteiger partial charge on any atom is -0.421 e. The highest BCUT2D eigenvalue weighted by Crippen LogP contribution is 2.26. The lowest BCUT2D eigenvalue weighted by atomic mass is 10.2. The van der Waals surface area contributed by atoms with Crippen molar-refractivity contribution in [2.45, 2.75) is 11.8 Å². The van der Waals surface area contributed by atoms with Gasteiger partial charge in [0, 0.05) is 18.2 Å². The van der Waals surface area contributed by atoms with Crippen molar-refractivity contribution >= 4 is 27.3 Å². The van der Waals surface area contributed by atoms with Gasteiger partial charge in [0.15, 0.2) is 0 Å². The van der Waals surface area contributed by atoms with Crippen LogP contribution in [-0.4, -0.2) is 18.6 Å². The highest BCUT2D eigenvalue weighted by Gasteiger charge is 2.18. The summed E-state index contributed by atoms with van der Waals surface area (Å²) in [5.41, 5.74) is 0.989. The molecular formula is C15H12ClN3O3S. The molecule has 0 aliphatic carbocycles. The lowest BCUT2D eigenvalue weighted by molar-refractivity contribution is 0.533. The van der Waals surface area contributed by atoms with Crippen LogP contribution in [0.15, 0.2) is 57.8 Å². The van der Waals surface area contributed by atoms with E-state index in [0.717, 1.165) is 0 Å². The number of halogens is 1. The molecule has 2 aromatic carbocycles. The second-order valence-corrected chi connectivity index (χ2v) is 6.80. The molecule has 0 saturated carbocycles. The fourth-order valence-corrected chi connectivity index (χ4v) is 3.57. The van der Waals surface area contributed by atoms with Crippen LogP contribution >= 0.6 is 11.6 Å². The average Bonchev–Trinajstić information content (AvgIpc) is 2.94. The summed E-state index contributed by atoms with van der Waals surface area (Å²) < 4.78 is 32.7. The van der Waals surface area contributed by atoms with E-state index < -0.39 is 10.0 Å². The summed E-state index contributed by atoms with van der Waals surface area (Å²) in [4.78, 5) is 0.0145. The van der Waals surface area contributed by atoms with E-state index in [0.29, 0.717) is 23.0 Å². The molecule has 0 saturated heterocycles. The SMILES string of the molecule is Cc1nnc(-c2cccc(NS(=O)(=O)c3ccccc3Cl)c2)o1. The lowest BCUT2D eigenvalue weighted by Gasteiger charge is -2.09. The standard InChI is InChI=1S/C15H12ClN3O3S/c1-10-17-18-15(22-10)11-5-4-6-12(9-11)19-23(20,21)14-8-3-2-7-13(14)16/h2-9,19H,1H3. The minimum absolute atomic E-state index is 0.0145. The van der Waals surface area contributed by atoms with Gasteiger partial charge in [0.05, 0.1) is 5.02 Å². The molecule has 0 atom stereocenters. The molecule has 0 aliphatic rings. The zero-order valence-corrected chi connectivity index (χ0v) is 13.6. The second kappa shape index (κ2) is 6.02. The van der Waals surface area contributed by atoms with Crippen LogP contribution in [0.5, 0.6) is 0 Å². The van der Waals surface area contributed by atoms with Gasteiger partial charge in [-0.3, -0.25) is 4.72 Å². The van der Waals surface area contributed by atoms with Crippen LogP contribution in [0.2, 0.25) is 5.02 Å². The number of nitrogens with zero attached hydrogens (tertiary/aromatic N) is 2. The monoisotopic (exact) mass is 349 g/mol. The highest BCUT2D eigenvalue weighted by atomic mass is 35.5. The van der Waals surface area contributed by atoms with Crippen LogP contribution in [0.1, 0.15) is 5.89 Å². The van der Waals surface area contributed by atoms with E-state index >= 15 is 0 Å². The molecule has 0 fully saturated rings. The number of nitrogens with one attached hydrogen (secondary N) is 1. The summed E-state index contributed by atoms with van der Waals surface area (Å²) in [7, 11) is -3.79. The molecule has 0 radical (unpaired) electrons. The Kier molecular flexibility index (Phi) is 4.06. The summed E-state index contributed by atoms with van der Waals surface area (Å²) in [5.74, 6) is 0.753. The number of aromatic nitrogens is 2. The molecule has 1 aromatic heterocycles. The molecule has 3 rings (SSSR count). The van der Waals surface area contributed by atoms with Crippen molar-refractivity contribution in [1.29, 1.82) is 0 Å². The average molecular weight is 350 g/mol. The molecule has 0 unspecified atom stereocenters. The van der Waals surface area contributed by atoms with Gasteiger partial charge < -0.3 is 4.42 Å². The van der Waals surface area contributed by atoms with Crippen molar-refractivity contribution in [3.05, 3.63) is 59.4 Å². The third-order valence-electron chi connectivity index (χ3n) is 3.01. The Balaban J connectivity index is 1.93. The summed E-state index contributed by atoms with van der Waals surface area (Å²) in [6, 6.07) is 12.9. The van der Waals surface area contributed by atoms with Crippen molar-refractivity contribution in [1.82, 2.24) is 10.2 Å². The van der Waals surface area contributed by atoms with Gasteiger partial charge in [-0.2, -0.15) is 0 Å². The summed E-state index contributed by atoms with van der Waals surface area (Å²) in [6.45, 7) is 1.68. The Morgan fingerprint density at radius 1 is 1.09 bits per heavy atom. The third kappa shape index (κ3) is 3.35. The van der Waals surface area contributed by atoms with Gasteiger partial charge >= 0.3 is 0 Å². The maximum atomic E-state index is 12.4. The number of hydrogen-bond donors (Lipinski definition) is 1. The Labute approximate surface area is 138 Å². The number of benzene rings is 2. The quantitative estimate of drug-likeness (QED) is 0.779. The van der Waals surface area contributed by atoms with E-state index in [2.05, 4.69) is 14.9 Å². The second-order valence-electron chi connectivity index (χ2n) is 4.74. The van der Waals surface area contributed by atoms with Gasteiger partial charge in [-0.05, 0) is 30.3 Å².